The third-order valence-electron chi connectivity index (χ3n) is 3.31. The van der Waals surface area contributed by atoms with Crippen molar-refractivity contribution in [2.75, 3.05) is 13.2 Å². The van der Waals surface area contributed by atoms with E-state index in [1.807, 2.05) is 25.1 Å². The molecule has 0 aliphatic carbocycles. The highest BCUT2D eigenvalue weighted by Gasteiger charge is 2.43. The normalized spacial score (nSPS) is 27.9. The summed E-state index contributed by atoms with van der Waals surface area (Å²) in [6.45, 7) is 3.21. The van der Waals surface area contributed by atoms with E-state index in [2.05, 4.69) is 0 Å². The van der Waals surface area contributed by atoms with Gasteiger partial charge in [-0.2, -0.15) is 0 Å². The van der Waals surface area contributed by atoms with Gasteiger partial charge in [-0.1, -0.05) is 11.6 Å². The van der Waals surface area contributed by atoms with E-state index in [0.717, 1.165) is 17.5 Å². The molecule has 0 radical (unpaired) electrons. The van der Waals surface area contributed by atoms with Gasteiger partial charge in [0.1, 0.15) is 11.4 Å². The molecule has 0 aromatic heterocycles. The van der Waals surface area contributed by atoms with Crippen LogP contribution in [0.3, 0.4) is 0 Å². The van der Waals surface area contributed by atoms with E-state index in [0.29, 0.717) is 25.4 Å². The standard InChI is InChI=1S/C13H14O3/c1-9-2-3-12-10(6-9)11(14)7-13(16-12)4-5-15-8-13/h2-3,6H,4-5,7-8H2,1H3/t13-/m1/s1. The number of aryl methyl sites for hydroxylation is 1. The minimum atomic E-state index is -0.390. The SMILES string of the molecule is Cc1ccc2c(c1)C(=O)C[C@@]1(CCOC1)O2. The van der Waals surface area contributed by atoms with Crippen molar-refractivity contribution < 1.29 is 14.3 Å². The zero-order chi connectivity index (χ0) is 11.2. The van der Waals surface area contributed by atoms with Crippen LogP contribution in [0.25, 0.3) is 0 Å². The van der Waals surface area contributed by atoms with Gasteiger partial charge in [0.05, 0.1) is 25.2 Å². The first-order chi connectivity index (χ1) is 7.69. The number of carbonyl (C=O) groups is 1. The molecule has 2 aliphatic rings. The van der Waals surface area contributed by atoms with Crippen molar-refractivity contribution in [3.05, 3.63) is 29.3 Å². The Morgan fingerprint density at radius 2 is 2.25 bits per heavy atom. The lowest BCUT2D eigenvalue weighted by atomic mass is 9.89. The summed E-state index contributed by atoms with van der Waals surface area (Å²) in [5.74, 6) is 0.891. The Hall–Kier alpha value is -1.35. The van der Waals surface area contributed by atoms with E-state index in [1.165, 1.54) is 0 Å². The van der Waals surface area contributed by atoms with Crippen LogP contribution in [-0.2, 0) is 4.74 Å². The van der Waals surface area contributed by atoms with Crippen LogP contribution in [-0.4, -0.2) is 24.6 Å². The van der Waals surface area contributed by atoms with Gasteiger partial charge in [-0.25, -0.2) is 0 Å². The van der Waals surface area contributed by atoms with Crippen molar-refractivity contribution in [1.29, 1.82) is 0 Å². The van der Waals surface area contributed by atoms with Crippen molar-refractivity contribution in [3.63, 3.8) is 0 Å². The fourth-order valence-electron chi connectivity index (χ4n) is 2.42. The molecule has 1 aromatic rings. The lowest BCUT2D eigenvalue weighted by Gasteiger charge is -2.33. The molecule has 84 valence electrons. The Balaban J connectivity index is 2.02. The van der Waals surface area contributed by atoms with Gasteiger partial charge in [-0.15, -0.1) is 0 Å². The summed E-state index contributed by atoms with van der Waals surface area (Å²) in [7, 11) is 0. The van der Waals surface area contributed by atoms with Crippen LogP contribution in [0, 0.1) is 6.92 Å². The molecule has 16 heavy (non-hydrogen) atoms. The number of carbonyl (C=O) groups excluding carboxylic acids is 1. The topological polar surface area (TPSA) is 35.5 Å². The lowest BCUT2D eigenvalue weighted by molar-refractivity contribution is 0.0306. The van der Waals surface area contributed by atoms with Crippen molar-refractivity contribution in [2.24, 2.45) is 0 Å². The van der Waals surface area contributed by atoms with Crippen LogP contribution in [0.1, 0.15) is 28.8 Å². The van der Waals surface area contributed by atoms with Crippen molar-refractivity contribution in [1.82, 2.24) is 0 Å². The molecule has 0 amide bonds. The summed E-state index contributed by atoms with van der Waals surface area (Å²) in [6, 6.07) is 5.77. The van der Waals surface area contributed by atoms with Crippen LogP contribution in [0.2, 0.25) is 0 Å². The molecule has 2 aliphatic heterocycles. The highest BCUT2D eigenvalue weighted by molar-refractivity contribution is 6.00. The average molecular weight is 218 g/mol. The number of benzene rings is 1. The number of hydrogen-bond donors (Lipinski definition) is 0. The zero-order valence-corrected chi connectivity index (χ0v) is 9.29. The molecule has 0 N–H and O–H groups in total. The minimum Gasteiger partial charge on any atom is -0.484 e. The van der Waals surface area contributed by atoms with E-state index in [4.69, 9.17) is 9.47 Å². The van der Waals surface area contributed by atoms with Gasteiger partial charge in [0.25, 0.3) is 0 Å². The highest BCUT2D eigenvalue weighted by atomic mass is 16.6. The summed E-state index contributed by atoms with van der Waals surface area (Å²) in [5.41, 5.74) is 1.42. The predicted octanol–water partition coefficient (Wildman–Crippen LogP) is 2.12. The highest BCUT2D eigenvalue weighted by Crippen LogP contribution is 2.38. The first-order valence-electron chi connectivity index (χ1n) is 5.59. The summed E-state index contributed by atoms with van der Waals surface area (Å²) < 4.78 is 11.3. The van der Waals surface area contributed by atoms with Crippen molar-refractivity contribution in [3.8, 4) is 5.75 Å². The average Bonchev–Trinajstić information content (AvgIpc) is 2.68. The van der Waals surface area contributed by atoms with E-state index in [1.54, 1.807) is 0 Å². The summed E-state index contributed by atoms with van der Waals surface area (Å²) >= 11 is 0. The fraction of sp³-hybridized carbons (Fsp3) is 0.462. The van der Waals surface area contributed by atoms with Crippen LogP contribution >= 0.6 is 0 Å². The largest absolute Gasteiger partial charge is 0.484 e. The lowest BCUT2D eigenvalue weighted by Crippen LogP contribution is -2.42. The molecule has 1 saturated heterocycles. The fourth-order valence-corrected chi connectivity index (χ4v) is 2.42. The number of hydrogen-bond acceptors (Lipinski definition) is 3. The molecule has 3 rings (SSSR count). The van der Waals surface area contributed by atoms with Gasteiger partial charge in [0.15, 0.2) is 5.78 Å². The molecule has 1 spiro atoms. The second kappa shape index (κ2) is 3.32. The zero-order valence-electron chi connectivity index (χ0n) is 9.29. The summed E-state index contributed by atoms with van der Waals surface area (Å²) in [4.78, 5) is 12.1. The van der Waals surface area contributed by atoms with Gasteiger partial charge >= 0.3 is 0 Å². The van der Waals surface area contributed by atoms with Gasteiger partial charge in [0, 0.05) is 6.42 Å². The van der Waals surface area contributed by atoms with E-state index < -0.39 is 0 Å². The second-order valence-corrected chi connectivity index (χ2v) is 4.69. The Bertz CT molecular complexity index is 444. The maximum atomic E-state index is 12.1. The predicted molar refractivity (Wildman–Crippen MR) is 58.9 cm³/mol. The third-order valence-corrected chi connectivity index (χ3v) is 3.31. The summed E-state index contributed by atoms with van der Waals surface area (Å²) in [5, 5.41) is 0. The number of ether oxygens (including phenoxy) is 2. The molecule has 0 bridgehead atoms. The second-order valence-electron chi connectivity index (χ2n) is 4.69. The first-order valence-corrected chi connectivity index (χ1v) is 5.59. The maximum Gasteiger partial charge on any atom is 0.170 e. The van der Waals surface area contributed by atoms with Gasteiger partial charge in [-0.05, 0) is 19.1 Å². The monoisotopic (exact) mass is 218 g/mol. The van der Waals surface area contributed by atoms with Gasteiger partial charge in [0.2, 0.25) is 0 Å². The molecule has 1 aromatic carbocycles. The minimum absolute atomic E-state index is 0.176. The first kappa shape index (κ1) is 9.85. The number of ketones is 1. The Kier molecular flexibility index (Phi) is 2.04. The Labute approximate surface area is 94.4 Å². The maximum absolute atomic E-state index is 12.1. The number of fused-ring (bicyclic) bond motifs is 1. The van der Waals surface area contributed by atoms with Crippen LogP contribution in [0.15, 0.2) is 18.2 Å². The van der Waals surface area contributed by atoms with Gasteiger partial charge in [-0.3, -0.25) is 4.79 Å². The Morgan fingerprint density at radius 1 is 1.38 bits per heavy atom. The molecule has 2 heterocycles. The molecular weight excluding hydrogens is 204 g/mol. The molecular formula is C13H14O3. The number of Topliss-reactive ketones (excluding diaryl/α,β-unsaturated/α-hetero) is 1. The smallest absolute Gasteiger partial charge is 0.170 e. The molecule has 3 heteroatoms. The van der Waals surface area contributed by atoms with E-state index in [-0.39, 0.29) is 11.4 Å². The quantitative estimate of drug-likeness (QED) is 0.669. The van der Waals surface area contributed by atoms with Crippen LogP contribution in [0.4, 0.5) is 0 Å². The molecule has 3 nitrogen and oxygen atoms in total. The van der Waals surface area contributed by atoms with Crippen LogP contribution < -0.4 is 4.74 Å². The van der Waals surface area contributed by atoms with Crippen molar-refractivity contribution in [2.45, 2.75) is 25.4 Å². The third kappa shape index (κ3) is 1.43. The molecule has 1 fully saturated rings. The number of rotatable bonds is 0. The van der Waals surface area contributed by atoms with E-state index >= 15 is 0 Å². The molecule has 1 atom stereocenters. The van der Waals surface area contributed by atoms with Crippen molar-refractivity contribution >= 4 is 5.78 Å². The van der Waals surface area contributed by atoms with Gasteiger partial charge < -0.3 is 9.47 Å². The van der Waals surface area contributed by atoms with Crippen LogP contribution in [0.5, 0.6) is 5.75 Å². The Morgan fingerprint density at radius 3 is 3.00 bits per heavy atom. The molecule has 0 saturated carbocycles. The summed E-state index contributed by atoms with van der Waals surface area (Å²) in [6.07, 6.45) is 1.26. The molecule has 0 unspecified atom stereocenters. The van der Waals surface area contributed by atoms with E-state index in [9.17, 15) is 4.79 Å².